The monoisotopic (exact) mass is 425 g/mol. The number of nitrogens with zero attached hydrogens (tertiary/aromatic N) is 2. The summed E-state index contributed by atoms with van der Waals surface area (Å²) in [5, 5.41) is 11.1. The number of carbonyl (C=O) groups is 1. The van der Waals surface area contributed by atoms with Crippen LogP contribution in [-0.2, 0) is 4.74 Å². The molecule has 6 nitrogen and oxygen atoms in total. The highest BCUT2D eigenvalue weighted by atomic mass is 16.6. The number of rotatable bonds is 6. The van der Waals surface area contributed by atoms with Crippen LogP contribution in [0.25, 0.3) is 28.1 Å². The Hall–Kier alpha value is -4.32. The molecule has 0 aliphatic carbocycles. The molecule has 158 valence electrons. The predicted octanol–water partition coefficient (Wildman–Crippen LogP) is 5.38. The average Bonchev–Trinajstić information content (AvgIpc) is 2.84. The maximum absolute atomic E-state index is 13.0. The van der Waals surface area contributed by atoms with Crippen molar-refractivity contribution in [3.05, 3.63) is 113 Å². The van der Waals surface area contributed by atoms with Crippen molar-refractivity contribution in [2.24, 2.45) is 0 Å². The zero-order valence-electron chi connectivity index (χ0n) is 17.5. The van der Waals surface area contributed by atoms with Crippen LogP contribution in [0.2, 0.25) is 0 Å². The van der Waals surface area contributed by atoms with Crippen LogP contribution in [0.1, 0.15) is 17.4 Å². The fourth-order valence-electron chi connectivity index (χ4n) is 3.57. The Morgan fingerprint density at radius 1 is 0.844 bits per heavy atom. The van der Waals surface area contributed by atoms with Gasteiger partial charge in [0.15, 0.2) is 0 Å². The van der Waals surface area contributed by atoms with Gasteiger partial charge in [0.2, 0.25) is 11.4 Å². The van der Waals surface area contributed by atoms with Crippen molar-refractivity contribution in [1.29, 1.82) is 0 Å². The number of hydrogen-bond acceptors (Lipinski definition) is 4. The van der Waals surface area contributed by atoms with E-state index in [0.29, 0.717) is 11.4 Å². The van der Waals surface area contributed by atoms with Crippen LogP contribution in [0.4, 0.5) is 5.69 Å². The predicted molar refractivity (Wildman–Crippen MR) is 121 cm³/mol. The first-order valence-corrected chi connectivity index (χ1v) is 10.2. The molecule has 6 heteroatoms. The Morgan fingerprint density at radius 3 is 2.00 bits per heavy atom. The van der Waals surface area contributed by atoms with Crippen molar-refractivity contribution in [1.82, 2.24) is 0 Å². The van der Waals surface area contributed by atoms with E-state index in [1.807, 2.05) is 66.7 Å². The largest absolute Gasteiger partial charge is 0.458 e. The summed E-state index contributed by atoms with van der Waals surface area (Å²) in [6.45, 7) is 1.99. The lowest BCUT2D eigenvalue weighted by Crippen LogP contribution is -2.41. The molecule has 0 aliphatic heterocycles. The van der Waals surface area contributed by atoms with Gasteiger partial charge in [-0.25, -0.2) is 4.79 Å². The third-order valence-electron chi connectivity index (χ3n) is 5.05. The van der Waals surface area contributed by atoms with Crippen LogP contribution in [0.15, 0.2) is 97.1 Å². The second-order valence-corrected chi connectivity index (χ2v) is 7.08. The Bertz CT molecular complexity index is 1250. The second-order valence-electron chi connectivity index (χ2n) is 7.08. The van der Waals surface area contributed by atoms with Crippen molar-refractivity contribution in [3.8, 4) is 28.1 Å². The lowest BCUT2D eigenvalue weighted by molar-refractivity contribution is -0.587. The van der Waals surface area contributed by atoms with E-state index >= 15 is 0 Å². The molecule has 0 radical (unpaired) electrons. The zero-order valence-corrected chi connectivity index (χ0v) is 17.5. The fraction of sp³-hybridized carbons (Fsp3) is 0.0769. The number of non-ortho nitro benzene ring substituents is 1. The average molecular weight is 425 g/mol. The highest BCUT2D eigenvalue weighted by molar-refractivity contribution is 5.88. The van der Waals surface area contributed by atoms with E-state index in [2.05, 4.69) is 0 Å². The molecule has 0 saturated heterocycles. The summed E-state index contributed by atoms with van der Waals surface area (Å²) in [6.07, 6.45) is 0. The van der Waals surface area contributed by atoms with Crippen molar-refractivity contribution in [3.63, 3.8) is 0 Å². The number of nitro benzene ring substituents is 1. The molecule has 0 aliphatic rings. The molecule has 0 spiro atoms. The van der Waals surface area contributed by atoms with Crippen LogP contribution in [0.5, 0.6) is 0 Å². The number of esters is 1. The molecule has 4 rings (SSSR count). The number of hydrogen-bond donors (Lipinski definition) is 0. The molecule has 4 aromatic rings. The van der Waals surface area contributed by atoms with Gasteiger partial charge in [-0.2, -0.15) is 0 Å². The lowest BCUT2D eigenvalue weighted by atomic mass is 10.0. The molecule has 0 unspecified atom stereocenters. The second kappa shape index (κ2) is 9.22. The van der Waals surface area contributed by atoms with Gasteiger partial charge in [0.05, 0.1) is 11.5 Å². The number of ether oxygens (including phenoxy) is 1. The summed E-state index contributed by atoms with van der Waals surface area (Å²) in [6, 6.07) is 29.4. The van der Waals surface area contributed by atoms with Crippen molar-refractivity contribution in [2.45, 2.75) is 6.92 Å². The van der Waals surface area contributed by atoms with Gasteiger partial charge in [-0.15, -0.1) is 4.57 Å². The molecule has 0 saturated carbocycles. The minimum atomic E-state index is -0.471. The highest BCUT2D eigenvalue weighted by Gasteiger charge is 2.29. The SMILES string of the molecule is CCOC(=O)c1cc(-c2ccccc2)cc(-c2ccccc2)[n+]1-c1ccc([N+](=O)[O-])cc1. The van der Waals surface area contributed by atoms with Crippen LogP contribution in [0, 0.1) is 10.1 Å². The van der Waals surface area contributed by atoms with E-state index in [0.717, 1.165) is 22.4 Å². The van der Waals surface area contributed by atoms with Crippen molar-refractivity contribution in [2.75, 3.05) is 6.61 Å². The van der Waals surface area contributed by atoms with E-state index in [9.17, 15) is 14.9 Å². The first-order chi connectivity index (χ1) is 15.6. The Balaban J connectivity index is 2.02. The fourth-order valence-corrected chi connectivity index (χ4v) is 3.57. The molecule has 3 aromatic carbocycles. The summed E-state index contributed by atoms with van der Waals surface area (Å²) in [7, 11) is 0. The van der Waals surface area contributed by atoms with Crippen LogP contribution in [-0.4, -0.2) is 17.5 Å². The molecule has 0 amide bonds. The van der Waals surface area contributed by atoms with Gasteiger partial charge in [-0.05, 0) is 30.2 Å². The molecule has 32 heavy (non-hydrogen) atoms. The number of carbonyl (C=O) groups excluding carboxylic acids is 1. The summed E-state index contributed by atoms with van der Waals surface area (Å²) in [4.78, 5) is 23.7. The highest BCUT2D eigenvalue weighted by Crippen LogP contribution is 2.27. The van der Waals surface area contributed by atoms with Crippen LogP contribution in [0.3, 0.4) is 0 Å². The van der Waals surface area contributed by atoms with Gasteiger partial charge in [0, 0.05) is 42.0 Å². The summed E-state index contributed by atoms with van der Waals surface area (Å²) in [5.41, 5.74) is 4.43. The molecule has 0 bridgehead atoms. The topological polar surface area (TPSA) is 73.3 Å². The molecular weight excluding hydrogens is 404 g/mol. The number of aromatic nitrogens is 1. The standard InChI is InChI=1S/C26H21N2O4/c1-2-32-26(29)25-18-21(19-9-5-3-6-10-19)17-24(20-11-7-4-8-12-20)27(25)22-13-15-23(16-14-22)28(30)31/h3-18H,2H2,1H3/q+1. The van der Waals surface area contributed by atoms with E-state index in [1.165, 1.54) is 12.1 Å². The van der Waals surface area contributed by atoms with E-state index in [1.54, 1.807) is 29.7 Å². The lowest BCUT2D eigenvalue weighted by Gasteiger charge is -2.11. The number of nitro groups is 1. The zero-order chi connectivity index (χ0) is 22.5. The molecule has 0 atom stereocenters. The summed E-state index contributed by atoms with van der Waals surface area (Å²) in [5.74, 6) is -0.471. The quantitative estimate of drug-likeness (QED) is 0.180. The Kier molecular flexibility index (Phi) is 6.03. The molecule has 0 N–H and O–H groups in total. The first-order valence-electron chi connectivity index (χ1n) is 10.2. The van der Waals surface area contributed by atoms with Gasteiger partial charge in [-0.1, -0.05) is 48.5 Å². The Labute approximate surface area is 185 Å². The number of pyridine rings is 1. The maximum Gasteiger partial charge on any atom is 0.404 e. The van der Waals surface area contributed by atoms with Crippen molar-refractivity contribution >= 4 is 11.7 Å². The van der Waals surface area contributed by atoms with E-state index in [4.69, 9.17) is 4.74 Å². The third kappa shape index (κ3) is 4.25. The maximum atomic E-state index is 13.0. The smallest absolute Gasteiger partial charge is 0.404 e. The van der Waals surface area contributed by atoms with E-state index in [-0.39, 0.29) is 12.3 Å². The van der Waals surface area contributed by atoms with E-state index < -0.39 is 10.9 Å². The number of benzene rings is 3. The van der Waals surface area contributed by atoms with Crippen molar-refractivity contribution < 1.29 is 19.0 Å². The minimum absolute atomic E-state index is 0.0193. The molecule has 0 fully saturated rings. The van der Waals surface area contributed by atoms with Gasteiger partial charge >= 0.3 is 5.97 Å². The normalized spacial score (nSPS) is 10.5. The molecular formula is C26H21N2O4+. The first kappa shape index (κ1) is 20.9. The summed E-state index contributed by atoms with van der Waals surface area (Å²) >= 11 is 0. The van der Waals surface area contributed by atoms with Gasteiger partial charge in [0.25, 0.3) is 11.4 Å². The molecule has 1 aromatic heterocycles. The van der Waals surface area contributed by atoms with Gasteiger partial charge in [-0.3, -0.25) is 10.1 Å². The minimum Gasteiger partial charge on any atom is -0.458 e. The van der Waals surface area contributed by atoms with Crippen LogP contribution < -0.4 is 4.57 Å². The Morgan fingerprint density at radius 2 is 1.44 bits per heavy atom. The van der Waals surface area contributed by atoms with Crippen LogP contribution >= 0.6 is 0 Å². The van der Waals surface area contributed by atoms with Gasteiger partial charge < -0.3 is 4.74 Å². The third-order valence-corrected chi connectivity index (χ3v) is 5.05. The molecule has 1 heterocycles. The summed E-state index contributed by atoms with van der Waals surface area (Å²) < 4.78 is 7.15. The van der Waals surface area contributed by atoms with Gasteiger partial charge in [0.1, 0.15) is 0 Å².